The monoisotopic (exact) mass is 278 g/mol. The van der Waals surface area contributed by atoms with Gasteiger partial charge in [0.2, 0.25) is 0 Å². The van der Waals surface area contributed by atoms with E-state index in [9.17, 15) is 4.79 Å². The third kappa shape index (κ3) is 3.22. The molecule has 0 saturated heterocycles. The molecule has 1 aliphatic heterocycles. The van der Waals surface area contributed by atoms with Gasteiger partial charge in [-0.3, -0.25) is 4.79 Å². The quantitative estimate of drug-likeness (QED) is 0.772. The zero-order valence-electron chi connectivity index (χ0n) is 12.1. The van der Waals surface area contributed by atoms with Gasteiger partial charge in [0.05, 0.1) is 0 Å². The summed E-state index contributed by atoms with van der Waals surface area (Å²) < 4.78 is 6.05. The lowest BCUT2D eigenvalue weighted by Crippen LogP contribution is -2.20. The minimum absolute atomic E-state index is 0.0994. The molecule has 0 aromatic heterocycles. The van der Waals surface area contributed by atoms with Crippen LogP contribution >= 0.6 is 0 Å². The molecular weight excluding hydrogens is 260 g/mol. The fourth-order valence-electron chi connectivity index (χ4n) is 2.67. The van der Waals surface area contributed by atoms with Gasteiger partial charge in [-0.15, -0.1) is 0 Å². The van der Waals surface area contributed by atoms with E-state index in [1.54, 1.807) is 0 Å². The highest BCUT2D eigenvalue weighted by Crippen LogP contribution is 2.29. The normalized spacial score (nSPS) is 17.2. The number of Topliss-reactive ketones (excluding diaryl/α,β-unsaturated/α-hetero) is 1. The summed E-state index contributed by atoms with van der Waals surface area (Å²) in [5.41, 5.74) is 3.08. The average Bonchev–Trinajstić information content (AvgIpc) is 2.65. The van der Waals surface area contributed by atoms with Crippen LogP contribution < -0.4 is 4.74 Å². The molecule has 0 bridgehead atoms. The van der Waals surface area contributed by atoms with E-state index in [1.165, 1.54) is 5.57 Å². The lowest BCUT2D eigenvalue weighted by molar-refractivity contribution is 0.0908. The van der Waals surface area contributed by atoms with Gasteiger partial charge in [0.1, 0.15) is 11.9 Å². The van der Waals surface area contributed by atoms with Crippen LogP contribution in [0.1, 0.15) is 35.7 Å². The average molecular weight is 278 g/mol. The number of hydrogen-bond donors (Lipinski definition) is 0. The highest BCUT2D eigenvalue weighted by Gasteiger charge is 2.20. The van der Waals surface area contributed by atoms with Gasteiger partial charge in [0, 0.05) is 24.0 Å². The number of carbonyl (C=O) groups is 1. The van der Waals surface area contributed by atoms with Crippen molar-refractivity contribution in [3.8, 4) is 5.75 Å². The predicted molar refractivity (Wildman–Crippen MR) is 84.5 cm³/mol. The lowest BCUT2D eigenvalue weighted by Gasteiger charge is -2.17. The zero-order chi connectivity index (χ0) is 14.7. The Labute approximate surface area is 125 Å². The predicted octanol–water partition coefficient (Wildman–Crippen LogP) is 4.51. The summed E-state index contributed by atoms with van der Waals surface area (Å²) >= 11 is 0. The Morgan fingerprint density at radius 1 is 1.10 bits per heavy atom. The van der Waals surface area contributed by atoms with Gasteiger partial charge in [0.15, 0.2) is 5.78 Å². The van der Waals surface area contributed by atoms with Crippen molar-refractivity contribution >= 4 is 11.9 Å². The van der Waals surface area contributed by atoms with E-state index < -0.39 is 0 Å². The van der Waals surface area contributed by atoms with E-state index in [-0.39, 0.29) is 11.9 Å². The molecule has 21 heavy (non-hydrogen) atoms. The Bertz CT molecular complexity index is 671. The topological polar surface area (TPSA) is 26.3 Å². The first kappa shape index (κ1) is 13.6. The standard InChI is InChI=1S/C19H18O2/c1-14-11-16-9-5-6-10-19(16)21-17(12-14)13-18(20)15-7-3-2-4-8-15/h2-11,17H,12-13H2,1H3. The van der Waals surface area contributed by atoms with Crippen LogP contribution in [0.5, 0.6) is 5.75 Å². The molecule has 0 spiro atoms. The number of benzene rings is 2. The number of ketones is 1. The molecule has 2 aromatic carbocycles. The van der Waals surface area contributed by atoms with Crippen LogP contribution in [0.25, 0.3) is 6.08 Å². The van der Waals surface area contributed by atoms with Crippen molar-refractivity contribution in [1.29, 1.82) is 0 Å². The van der Waals surface area contributed by atoms with Crippen molar-refractivity contribution in [2.24, 2.45) is 0 Å². The Kier molecular flexibility index (Phi) is 3.87. The maximum absolute atomic E-state index is 12.3. The van der Waals surface area contributed by atoms with Gasteiger partial charge in [-0.05, 0) is 13.0 Å². The molecule has 1 unspecified atom stereocenters. The third-order valence-electron chi connectivity index (χ3n) is 3.67. The van der Waals surface area contributed by atoms with Crippen LogP contribution in [0.15, 0.2) is 60.2 Å². The molecule has 0 radical (unpaired) electrons. The first-order chi connectivity index (χ1) is 10.2. The fraction of sp³-hybridized carbons (Fsp3) is 0.211. The number of fused-ring (bicyclic) bond motifs is 1. The number of ether oxygens (including phenoxy) is 1. The zero-order valence-corrected chi connectivity index (χ0v) is 12.1. The summed E-state index contributed by atoms with van der Waals surface area (Å²) in [5.74, 6) is 0.994. The number of rotatable bonds is 3. The Hall–Kier alpha value is -2.35. The summed E-state index contributed by atoms with van der Waals surface area (Å²) in [6.07, 6.45) is 3.23. The van der Waals surface area contributed by atoms with E-state index >= 15 is 0 Å². The van der Waals surface area contributed by atoms with Gasteiger partial charge < -0.3 is 4.74 Å². The molecule has 2 aromatic rings. The maximum atomic E-state index is 12.3. The summed E-state index contributed by atoms with van der Waals surface area (Å²) in [6.45, 7) is 2.09. The van der Waals surface area contributed by atoms with E-state index in [1.807, 2.05) is 54.6 Å². The first-order valence-corrected chi connectivity index (χ1v) is 7.23. The molecule has 0 amide bonds. The van der Waals surface area contributed by atoms with Gasteiger partial charge in [-0.25, -0.2) is 0 Å². The fourth-order valence-corrected chi connectivity index (χ4v) is 2.67. The van der Waals surface area contributed by atoms with Crippen molar-refractivity contribution in [2.45, 2.75) is 25.9 Å². The summed E-state index contributed by atoms with van der Waals surface area (Å²) in [7, 11) is 0. The SMILES string of the molecule is CC1=Cc2ccccc2OC(CC(=O)c2ccccc2)C1. The minimum atomic E-state index is -0.0994. The van der Waals surface area contributed by atoms with Gasteiger partial charge in [0.25, 0.3) is 0 Å². The van der Waals surface area contributed by atoms with Crippen LogP contribution in [-0.2, 0) is 0 Å². The van der Waals surface area contributed by atoms with Crippen LogP contribution in [0, 0.1) is 0 Å². The second-order valence-electron chi connectivity index (χ2n) is 5.47. The molecule has 0 saturated carbocycles. The van der Waals surface area contributed by atoms with Crippen LogP contribution in [0.3, 0.4) is 0 Å². The van der Waals surface area contributed by atoms with E-state index in [2.05, 4.69) is 13.0 Å². The third-order valence-corrected chi connectivity index (χ3v) is 3.67. The van der Waals surface area contributed by atoms with Crippen molar-refractivity contribution in [2.75, 3.05) is 0 Å². The number of hydrogen-bond acceptors (Lipinski definition) is 2. The largest absolute Gasteiger partial charge is 0.489 e. The first-order valence-electron chi connectivity index (χ1n) is 7.23. The molecule has 2 nitrogen and oxygen atoms in total. The molecule has 3 rings (SSSR count). The van der Waals surface area contributed by atoms with Crippen LogP contribution in [0.2, 0.25) is 0 Å². The number of para-hydroxylation sites is 1. The lowest BCUT2D eigenvalue weighted by atomic mass is 10.0. The van der Waals surface area contributed by atoms with Crippen molar-refractivity contribution in [1.82, 2.24) is 0 Å². The highest BCUT2D eigenvalue weighted by molar-refractivity contribution is 5.96. The van der Waals surface area contributed by atoms with Gasteiger partial charge in [-0.2, -0.15) is 0 Å². The minimum Gasteiger partial charge on any atom is -0.489 e. The van der Waals surface area contributed by atoms with E-state index in [0.29, 0.717) is 6.42 Å². The second kappa shape index (κ2) is 5.96. The summed E-state index contributed by atoms with van der Waals surface area (Å²) in [6, 6.07) is 17.4. The molecular formula is C19H18O2. The highest BCUT2D eigenvalue weighted by atomic mass is 16.5. The number of carbonyl (C=O) groups excluding carboxylic acids is 1. The smallest absolute Gasteiger partial charge is 0.166 e. The summed E-state index contributed by atoms with van der Waals surface area (Å²) in [5, 5.41) is 0. The Balaban J connectivity index is 1.78. The molecule has 2 heteroatoms. The van der Waals surface area contributed by atoms with Crippen LogP contribution in [-0.4, -0.2) is 11.9 Å². The Morgan fingerprint density at radius 2 is 1.81 bits per heavy atom. The molecule has 0 aliphatic carbocycles. The molecule has 1 heterocycles. The molecule has 0 N–H and O–H groups in total. The van der Waals surface area contributed by atoms with Crippen molar-refractivity contribution in [3.05, 3.63) is 71.3 Å². The van der Waals surface area contributed by atoms with Crippen LogP contribution in [0.4, 0.5) is 0 Å². The maximum Gasteiger partial charge on any atom is 0.166 e. The van der Waals surface area contributed by atoms with Crippen molar-refractivity contribution < 1.29 is 9.53 Å². The van der Waals surface area contributed by atoms with E-state index in [0.717, 1.165) is 23.3 Å². The molecule has 1 atom stereocenters. The van der Waals surface area contributed by atoms with Crippen molar-refractivity contribution in [3.63, 3.8) is 0 Å². The summed E-state index contributed by atoms with van der Waals surface area (Å²) in [4.78, 5) is 12.3. The molecule has 0 fully saturated rings. The Morgan fingerprint density at radius 3 is 2.62 bits per heavy atom. The van der Waals surface area contributed by atoms with Gasteiger partial charge in [-0.1, -0.05) is 60.2 Å². The van der Waals surface area contributed by atoms with Gasteiger partial charge >= 0.3 is 0 Å². The second-order valence-corrected chi connectivity index (χ2v) is 5.47. The molecule has 106 valence electrons. The van der Waals surface area contributed by atoms with E-state index in [4.69, 9.17) is 4.74 Å². The molecule has 1 aliphatic rings.